The van der Waals surface area contributed by atoms with Crippen molar-refractivity contribution in [1.82, 2.24) is 0 Å². The van der Waals surface area contributed by atoms with E-state index in [0.29, 0.717) is 0 Å². The lowest BCUT2D eigenvalue weighted by Crippen LogP contribution is -2.57. The molecule has 0 saturated heterocycles. The Morgan fingerprint density at radius 3 is 0.537 bits per heavy atom. The first kappa shape index (κ1) is 33.9. The Hall–Kier alpha value is 0.0569. The topological polar surface area (TPSA) is 36.9 Å². The predicted octanol–water partition coefficient (Wildman–Crippen LogP) is 11.5. The predicted molar refractivity (Wildman–Crippen MR) is 173 cm³/mol. The fraction of sp³-hybridized carbons (Fsp3) is 1.00. The molecule has 0 heterocycles. The maximum atomic E-state index is 7.36. The highest BCUT2D eigenvalue weighted by Gasteiger charge is 2.52. The monoisotopic (exact) mass is 592 g/mol. The molecule has 41 heavy (non-hydrogen) atoms. The molecule has 4 rings (SSSR count). The first-order chi connectivity index (χ1) is 20.3. The van der Waals surface area contributed by atoms with Gasteiger partial charge in [-0.15, -0.1) is 0 Å². The third-order valence-electron chi connectivity index (χ3n) is 10.5. The van der Waals surface area contributed by atoms with Crippen LogP contribution in [0.3, 0.4) is 0 Å². The van der Waals surface area contributed by atoms with Gasteiger partial charge in [-0.05, 0) is 51.4 Å². The van der Waals surface area contributed by atoms with E-state index in [0.717, 1.165) is 51.4 Å². The molecule has 0 bridgehead atoms. The molecule has 0 aromatic rings. The summed E-state index contributed by atoms with van der Waals surface area (Å²) in [5, 5.41) is 0. The summed E-state index contributed by atoms with van der Waals surface area (Å²) in [4.78, 5) is 0. The molecule has 0 N–H and O–H groups in total. The van der Waals surface area contributed by atoms with Gasteiger partial charge in [0.2, 0.25) is 0 Å². The molecule has 0 aromatic carbocycles. The number of hydrogen-bond donors (Lipinski definition) is 0. The van der Waals surface area contributed by atoms with Crippen LogP contribution in [0.25, 0.3) is 0 Å². The van der Waals surface area contributed by atoms with Crippen LogP contribution < -0.4 is 0 Å². The van der Waals surface area contributed by atoms with Gasteiger partial charge in [0.15, 0.2) is 0 Å². The first-order valence-electron chi connectivity index (χ1n) is 19.0. The summed E-state index contributed by atoms with van der Waals surface area (Å²) in [5.74, 6) is 0. The molecule has 0 aliphatic heterocycles. The van der Waals surface area contributed by atoms with Gasteiger partial charge in [0.05, 0.1) is 24.4 Å². The van der Waals surface area contributed by atoms with E-state index in [1.54, 1.807) is 0 Å². The second kappa shape index (κ2) is 20.9. The second-order valence-corrected chi connectivity index (χ2v) is 16.2. The van der Waals surface area contributed by atoms with Crippen LogP contribution in [0.15, 0.2) is 0 Å². The van der Waals surface area contributed by atoms with Crippen molar-refractivity contribution in [3.05, 3.63) is 0 Å². The lowest BCUT2D eigenvalue weighted by atomic mass is 10.1. The zero-order chi connectivity index (χ0) is 28.3. The third-order valence-corrected chi connectivity index (χ3v) is 12.9. The molecule has 4 nitrogen and oxygen atoms in total. The molecule has 0 aromatic heterocycles. The Balaban J connectivity index is 1.60. The zero-order valence-electron chi connectivity index (χ0n) is 27.1. The summed E-state index contributed by atoms with van der Waals surface area (Å²) < 4.78 is 29.4. The maximum absolute atomic E-state index is 7.36. The average molecular weight is 593 g/mol. The summed E-state index contributed by atoms with van der Waals surface area (Å²) in [6.07, 6.45) is 42.0. The molecule has 0 radical (unpaired) electrons. The molecule has 5 heteroatoms. The van der Waals surface area contributed by atoms with E-state index in [4.69, 9.17) is 17.7 Å². The Morgan fingerprint density at radius 1 is 0.220 bits per heavy atom. The van der Waals surface area contributed by atoms with Gasteiger partial charge in [0.25, 0.3) is 0 Å². The summed E-state index contributed by atoms with van der Waals surface area (Å²) in [5.41, 5.74) is 0. The van der Waals surface area contributed by atoms with Gasteiger partial charge >= 0.3 is 9.05 Å². The lowest BCUT2D eigenvalue weighted by Gasteiger charge is -2.39. The van der Waals surface area contributed by atoms with E-state index in [1.165, 1.54) is 154 Å². The van der Waals surface area contributed by atoms with Crippen molar-refractivity contribution in [2.45, 2.75) is 230 Å². The van der Waals surface area contributed by atoms with Crippen molar-refractivity contribution in [3.8, 4) is 0 Å². The van der Waals surface area contributed by atoms with Gasteiger partial charge in [0, 0.05) is 0 Å². The lowest BCUT2D eigenvalue weighted by molar-refractivity contribution is -0.114. The van der Waals surface area contributed by atoms with E-state index >= 15 is 0 Å². The number of hydrogen-bond acceptors (Lipinski definition) is 4. The molecule has 4 aliphatic rings. The highest BCUT2D eigenvalue weighted by atomic mass is 28.4. The number of rotatable bonds is 8. The SMILES string of the molecule is C1CCCCC(O[Si](OC2CCCCCCCC2)(OC2CCCCCCCC2)OC2CCCCCCCC2)CCC1. The van der Waals surface area contributed by atoms with E-state index in [-0.39, 0.29) is 24.4 Å². The minimum Gasteiger partial charge on any atom is -0.348 e. The Morgan fingerprint density at radius 2 is 0.366 bits per heavy atom. The van der Waals surface area contributed by atoms with Crippen LogP contribution in [-0.4, -0.2) is 33.5 Å². The van der Waals surface area contributed by atoms with Crippen molar-refractivity contribution in [3.63, 3.8) is 0 Å². The van der Waals surface area contributed by atoms with Crippen molar-refractivity contribution >= 4 is 9.05 Å². The maximum Gasteiger partial charge on any atom is 0.680 e. The first-order valence-corrected chi connectivity index (χ1v) is 20.7. The molecule has 4 aliphatic carbocycles. The molecule has 0 unspecified atom stereocenters. The third kappa shape index (κ3) is 14.1. The van der Waals surface area contributed by atoms with Gasteiger partial charge in [0.1, 0.15) is 0 Å². The van der Waals surface area contributed by atoms with Crippen molar-refractivity contribution in [2.75, 3.05) is 0 Å². The normalized spacial score (nSPS) is 26.3. The Labute approximate surface area is 256 Å². The fourth-order valence-corrected chi connectivity index (χ4v) is 10.7. The molecular weight excluding hydrogens is 524 g/mol. The van der Waals surface area contributed by atoms with Gasteiger partial charge in [-0.1, -0.05) is 154 Å². The van der Waals surface area contributed by atoms with E-state index < -0.39 is 9.05 Å². The van der Waals surface area contributed by atoms with E-state index in [2.05, 4.69) is 0 Å². The average Bonchev–Trinajstić information content (AvgIpc) is 3.31. The molecular formula is C36H68O4Si. The quantitative estimate of drug-likeness (QED) is 0.263. The molecule has 0 spiro atoms. The summed E-state index contributed by atoms with van der Waals surface area (Å²) >= 11 is 0. The van der Waals surface area contributed by atoms with E-state index in [1.807, 2.05) is 0 Å². The van der Waals surface area contributed by atoms with Crippen molar-refractivity contribution < 1.29 is 17.7 Å². The largest absolute Gasteiger partial charge is 0.680 e. The van der Waals surface area contributed by atoms with Crippen molar-refractivity contribution in [2.24, 2.45) is 0 Å². The minimum atomic E-state index is -3.37. The van der Waals surface area contributed by atoms with Crippen LogP contribution in [0.2, 0.25) is 0 Å². The van der Waals surface area contributed by atoms with Crippen LogP contribution in [-0.2, 0) is 17.7 Å². The summed E-state index contributed by atoms with van der Waals surface area (Å²) in [6.45, 7) is 0. The minimum absolute atomic E-state index is 0.226. The smallest absolute Gasteiger partial charge is 0.348 e. The molecule has 0 amide bonds. The van der Waals surface area contributed by atoms with Crippen molar-refractivity contribution in [1.29, 1.82) is 0 Å². The van der Waals surface area contributed by atoms with Crippen LogP contribution in [0, 0.1) is 0 Å². The molecule has 4 saturated carbocycles. The Kier molecular flexibility index (Phi) is 17.3. The van der Waals surface area contributed by atoms with Gasteiger partial charge in [-0.25, -0.2) is 0 Å². The molecule has 240 valence electrons. The van der Waals surface area contributed by atoms with Crippen LogP contribution in [0.5, 0.6) is 0 Å². The van der Waals surface area contributed by atoms with E-state index in [9.17, 15) is 0 Å². The summed E-state index contributed by atoms with van der Waals surface area (Å²) in [7, 11) is -3.37. The molecule has 4 fully saturated rings. The zero-order valence-corrected chi connectivity index (χ0v) is 28.1. The van der Waals surface area contributed by atoms with Crippen LogP contribution in [0.4, 0.5) is 0 Å². The second-order valence-electron chi connectivity index (χ2n) is 14.3. The van der Waals surface area contributed by atoms with Gasteiger partial charge in [-0.3, -0.25) is 0 Å². The summed E-state index contributed by atoms with van der Waals surface area (Å²) in [6, 6.07) is 0. The highest BCUT2D eigenvalue weighted by molar-refractivity contribution is 6.53. The standard InChI is InChI=1S/C36H68O4Si/c1-2-10-18-26-33(25-17-9-1)37-41(38-34-27-19-11-3-4-12-20-28-34,39-35-29-21-13-5-6-14-22-30-35)40-36-31-23-15-7-8-16-24-32-36/h33-36H,1-32H2. The van der Waals surface area contributed by atoms with Crippen LogP contribution in [0.1, 0.15) is 205 Å². The van der Waals surface area contributed by atoms with Gasteiger partial charge in [-0.2, -0.15) is 0 Å². The highest BCUT2D eigenvalue weighted by Crippen LogP contribution is 2.34. The molecule has 0 atom stereocenters. The fourth-order valence-electron chi connectivity index (χ4n) is 7.84. The van der Waals surface area contributed by atoms with Crippen LogP contribution >= 0.6 is 0 Å². The Bertz CT molecular complexity index is 496. The van der Waals surface area contributed by atoms with Gasteiger partial charge < -0.3 is 17.7 Å².